The van der Waals surface area contributed by atoms with E-state index in [1.54, 1.807) is 0 Å². The zero-order valence-electron chi connectivity index (χ0n) is 11.3. The van der Waals surface area contributed by atoms with E-state index in [1.807, 2.05) is 6.92 Å². The monoisotopic (exact) mass is 269 g/mol. The maximum Gasteiger partial charge on any atom is 0.129 e. The number of hydrogen-bond donors (Lipinski definition) is 1. The maximum atomic E-state index is 13.7. The summed E-state index contributed by atoms with van der Waals surface area (Å²) in [4.78, 5) is 0. The topological polar surface area (TPSA) is 21.3 Å². The Morgan fingerprint density at radius 1 is 1.37 bits per heavy atom. The minimum atomic E-state index is -0.453. The van der Waals surface area contributed by atoms with Crippen LogP contribution in [0.3, 0.4) is 0 Å². The van der Waals surface area contributed by atoms with E-state index in [0.717, 1.165) is 32.6 Å². The number of benzene rings is 1. The molecule has 106 valence electrons. The summed E-state index contributed by atoms with van der Waals surface area (Å²) in [6.45, 7) is 4.38. The van der Waals surface area contributed by atoms with Gasteiger partial charge in [-0.2, -0.15) is 0 Å². The Bertz CT molecular complexity index is 385. The van der Waals surface area contributed by atoms with Crippen LogP contribution < -0.4 is 5.32 Å². The minimum Gasteiger partial charge on any atom is -0.381 e. The first-order chi connectivity index (χ1) is 9.20. The van der Waals surface area contributed by atoms with Crippen LogP contribution in [0.4, 0.5) is 8.78 Å². The van der Waals surface area contributed by atoms with Gasteiger partial charge in [-0.15, -0.1) is 0 Å². The highest BCUT2D eigenvalue weighted by molar-refractivity contribution is 5.20. The Hall–Kier alpha value is -1.00. The molecule has 1 aliphatic rings. The van der Waals surface area contributed by atoms with E-state index in [-0.39, 0.29) is 11.6 Å². The van der Waals surface area contributed by atoms with Crippen LogP contribution in [0.2, 0.25) is 0 Å². The van der Waals surface area contributed by atoms with Gasteiger partial charge in [-0.25, -0.2) is 8.78 Å². The standard InChI is InChI=1S/C15H21F2NO/c1-2-18-12(8-11-6-7-19-10-11)9-13-14(16)4-3-5-15(13)17/h3-5,11-12,18H,2,6-10H2,1H3. The summed E-state index contributed by atoms with van der Waals surface area (Å²) >= 11 is 0. The van der Waals surface area contributed by atoms with Gasteiger partial charge in [0.1, 0.15) is 11.6 Å². The first-order valence-corrected chi connectivity index (χ1v) is 6.94. The molecule has 1 aromatic rings. The lowest BCUT2D eigenvalue weighted by molar-refractivity contribution is 0.181. The van der Waals surface area contributed by atoms with E-state index >= 15 is 0 Å². The summed E-state index contributed by atoms with van der Waals surface area (Å²) in [5, 5.41) is 3.32. The second kappa shape index (κ2) is 6.96. The third-order valence-electron chi connectivity index (χ3n) is 3.65. The number of rotatable bonds is 6. The highest BCUT2D eigenvalue weighted by atomic mass is 19.1. The van der Waals surface area contributed by atoms with Crippen molar-refractivity contribution in [3.63, 3.8) is 0 Å². The third kappa shape index (κ3) is 3.98. The van der Waals surface area contributed by atoms with Crippen LogP contribution in [0, 0.1) is 17.6 Å². The molecule has 0 aromatic heterocycles. The van der Waals surface area contributed by atoms with Crippen molar-refractivity contribution < 1.29 is 13.5 Å². The van der Waals surface area contributed by atoms with Gasteiger partial charge in [0, 0.05) is 24.8 Å². The molecule has 0 aliphatic carbocycles. The molecule has 19 heavy (non-hydrogen) atoms. The maximum absolute atomic E-state index is 13.7. The van der Waals surface area contributed by atoms with Gasteiger partial charge in [0.05, 0.1) is 0 Å². The molecular formula is C15H21F2NO. The smallest absolute Gasteiger partial charge is 0.129 e. The van der Waals surface area contributed by atoms with Crippen molar-refractivity contribution in [1.29, 1.82) is 0 Å². The zero-order valence-corrected chi connectivity index (χ0v) is 11.3. The predicted octanol–water partition coefficient (Wildman–Crippen LogP) is 2.91. The van der Waals surface area contributed by atoms with Crippen molar-refractivity contribution >= 4 is 0 Å². The Labute approximate surface area is 113 Å². The SMILES string of the molecule is CCNC(Cc1c(F)cccc1F)CC1CCOC1. The molecule has 2 atom stereocenters. The molecule has 1 saturated heterocycles. The van der Waals surface area contributed by atoms with Crippen LogP contribution in [0.5, 0.6) is 0 Å². The summed E-state index contributed by atoms with van der Waals surface area (Å²) in [6.07, 6.45) is 2.34. The van der Waals surface area contributed by atoms with E-state index in [0.29, 0.717) is 12.3 Å². The van der Waals surface area contributed by atoms with Crippen LogP contribution in [0.1, 0.15) is 25.3 Å². The van der Waals surface area contributed by atoms with E-state index in [9.17, 15) is 8.78 Å². The van der Waals surface area contributed by atoms with Crippen LogP contribution in [-0.2, 0) is 11.2 Å². The average molecular weight is 269 g/mol. The Morgan fingerprint density at radius 2 is 2.11 bits per heavy atom. The van der Waals surface area contributed by atoms with E-state index < -0.39 is 11.6 Å². The van der Waals surface area contributed by atoms with Crippen LogP contribution in [0.15, 0.2) is 18.2 Å². The van der Waals surface area contributed by atoms with Gasteiger partial charge in [-0.05, 0) is 43.9 Å². The second-order valence-electron chi connectivity index (χ2n) is 5.12. The fourth-order valence-electron chi connectivity index (χ4n) is 2.67. The molecule has 2 unspecified atom stereocenters. The van der Waals surface area contributed by atoms with Crippen molar-refractivity contribution in [2.75, 3.05) is 19.8 Å². The second-order valence-corrected chi connectivity index (χ2v) is 5.12. The average Bonchev–Trinajstić information content (AvgIpc) is 2.87. The first-order valence-electron chi connectivity index (χ1n) is 6.94. The van der Waals surface area contributed by atoms with Crippen LogP contribution >= 0.6 is 0 Å². The van der Waals surface area contributed by atoms with Crippen molar-refractivity contribution in [3.05, 3.63) is 35.4 Å². The third-order valence-corrected chi connectivity index (χ3v) is 3.65. The molecule has 2 nitrogen and oxygen atoms in total. The van der Waals surface area contributed by atoms with Crippen LogP contribution in [-0.4, -0.2) is 25.8 Å². The molecular weight excluding hydrogens is 248 g/mol. The molecule has 0 radical (unpaired) electrons. The molecule has 2 rings (SSSR count). The quantitative estimate of drug-likeness (QED) is 0.857. The van der Waals surface area contributed by atoms with Crippen molar-refractivity contribution in [1.82, 2.24) is 5.32 Å². The lowest BCUT2D eigenvalue weighted by atomic mass is 9.94. The summed E-state index contributed by atoms with van der Waals surface area (Å²) in [5.74, 6) is -0.407. The zero-order chi connectivity index (χ0) is 13.7. The molecule has 1 fully saturated rings. The van der Waals surface area contributed by atoms with Gasteiger partial charge in [0.15, 0.2) is 0 Å². The molecule has 4 heteroatoms. The Morgan fingerprint density at radius 3 is 2.68 bits per heavy atom. The highest BCUT2D eigenvalue weighted by Gasteiger charge is 2.22. The predicted molar refractivity (Wildman–Crippen MR) is 71.1 cm³/mol. The van der Waals surface area contributed by atoms with Crippen molar-refractivity contribution in [3.8, 4) is 0 Å². The number of ether oxygens (including phenoxy) is 1. The van der Waals surface area contributed by atoms with E-state index in [2.05, 4.69) is 5.32 Å². The van der Waals surface area contributed by atoms with Gasteiger partial charge < -0.3 is 10.1 Å². The molecule has 1 aromatic carbocycles. The molecule has 1 aliphatic heterocycles. The number of likely N-dealkylation sites (N-methyl/N-ethyl adjacent to an activating group) is 1. The molecule has 0 bridgehead atoms. The van der Waals surface area contributed by atoms with E-state index in [1.165, 1.54) is 18.2 Å². The summed E-state index contributed by atoms with van der Waals surface area (Å²) in [6, 6.07) is 4.14. The molecule has 1 N–H and O–H groups in total. The lowest BCUT2D eigenvalue weighted by Gasteiger charge is -2.21. The van der Waals surface area contributed by atoms with E-state index in [4.69, 9.17) is 4.74 Å². The van der Waals surface area contributed by atoms with Gasteiger partial charge in [-0.1, -0.05) is 13.0 Å². The van der Waals surface area contributed by atoms with Gasteiger partial charge in [0.25, 0.3) is 0 Å². The number of halogens is 2. The fraction of sp³-hybridized carbons (Fsp3) is 0.600. The van der Waals surface area contributed by atoms with Gasteiger partial charge in [0.2, 0.25) is 0 Å². The molecule has 0 saturated carbocycles. The van der Waals surface area contributed by atoms with Crippen molar-refractivity contribution in [2.45, 2.75) is 32.2 Å². The largest absolute Gasteiger partial charge is 0.381 e. The summed E-state index contributed by atoms with van der Waals surface area (Å²) in [5.41, 5.74) is 0.187. The number of nitrogens with one attached hydrogen (secondary N) is 1. The molecule has 0 amide bonds. The lowest BCUT2D eigenvalue weighted by Crippen LogP contribution is -2.33. The van der Waals surface area contributed by atoms with Crippen LogP contribution in [0.25, 0.3) is 0 Å². The summed E-state index contributed by atoms with van der Waals surface area (Å²) < 4.78 is 32.7. The van der Waals surface area contributed by atoms with Gasteiger partial charge >= 0.3 is 0 Å². The van der Waals surface area contributed by atoms with Gasteiger partial charge in [-0.3, -0.25) is 0 Å². The fourth-order valence-corrected chi connectivity index (χ4v) is 2.67. The number of hydrogen-bond acceptors (Lipinski definition) is 2. The Kier molecular flexibility index (Phi) is 5.28. The molecule has 0 spiro atoms. The summed E-state index contributed by atoms with van der Waals surface area (Å²) in [7, 11) is 0. The Balaban J connectivity index is 2.02. The highest BCUT2D eigenvalue weighted by Crippen LogP contribution is 2.22. The normalized spacial score (nSPS) is 20.7. The first kappa shape index (κ1) is 14.4. The van der Waals surface area contributed by atoms with Crippen molar-refractivity contribution in [2.24, 2.45) is 5.92 Å². The molecule has 1 heterocycles. The minimum absolute atomic E-state index is 0.100.